The van der Waals surface area contributed by atoms with E-state index in [4.69, 9.17) is 22.4 Å². The molecule has 78 valence electrons. The Hall–Kier alpha value is -1.29. The van der Waals surface area contributed by atoms with Crippen molar-refractivity contribution in [3.8, 4) is 0 Å². The highest BCUT2D eigenvalue weighted by Gasteiger charge is 2.11. The van der Waals surface area contributed by atoms with Gasteiger partial charge in [0.15, 0.2) is 0 Å². The lowest BCUT2D eigenvalue weighted by atomic mass is 10.2. The Bertz CT molecular complexity index is 340. The average molecular weight is 217 g/mol. The normalized spacial score (nSPS) is 8.86. The zero-order chi connectivity index (χ0) is 11.3. The molecule has 0 aliphatic carbocycles. The smallest absolute Gasteiger partial charge is 0.337 e. The predicted octanol–water partition coefficient (Wildman–Crippen LogP) is 2.35. The Kier molecular flexibility index (Phi) is 4.94. The molecule has 5 heteroatoms. The van der Waals surface area contributed by atoms with E-state index in [2.05, 4.69) is 4.98 Å². The van der Waals surface area contributed by atoms with E-state index < -0.39 is 5.97 Å². The van der Waals surface area contributed by atoms with Crippen molar-refractivity contribution in [2.75, 3.05) is 5.73 Å². The molecule has 1 aromatic rings. The van der Waals surface area contributed by atoms with Gasteiger partial charge in [-0.2, -0.15) is 0 Å². The standard InChI is InChI=1S/C7H7ClN2O2.C2H6/c1-3-6(9)4(7(11)12)2-5(8)10-3;1-2/h2H,9H2,1H3,(H,11,12);1-2H3. The largest absolute Gasteiger partial charge is 0.478 e. The van der Waals surface area contributed by atoms with Crippen LogP contribution < -0.4 is 5.73 Å². The average Bonchev–Trinajstić information content (AvgIpc) is 2.14. The number of nitrogens with zero attached hydrogens (tertiary/aromatic N) is 1. The molecule has 0 bridgehead atoms. The van der Waals surface area contributed by atoms with Crippen LogP contribution in [0, 0.1) is 6.92 Å². The first-order valence-electron chi connectivity index (χ1n) is 4.18. The second-order valence-corrected chi connectivity index (χ2v) is 2.68. The van der Waals surface area contributed by atoms with Crippen LogP contribution in [0.5, 0.6) is 0 Å². The van der Waals surface area contributed by atoms with E-state index in [9.17, 15) is 4.79 Å². The maximum absolute atomic E-state index is 10.6. The third-order valence-corrected chi connectivity index (χ3v) is 1.64. The van der Waals surface area contributed by atoms with Crippen LogP contribution in [0.4, 0.5) is 5.69 Å². The number of aryl methyl sites for hydroxylation is 1. The topological polar surface area (TPSA) is 76.2 Å². The van der Waals surface area contributed by atoms with Gasteiger partial charge in [-0.1, -0.05) is 25.4 Å². The lowest BCUT2D eigenvalue weighted by Gasteiger charge is -2.03. The number of aromatic carboxylic acids is 1. The number of aromatic nitrogens is 1. The molecule has 0 saturated heterocycles. The fourth-order valence-corrected chi connectivity index (χ4v) is 1.06. The Morgan fingerprint density at radius 2 is 2.07 bits per heavy atom. The number of nitrogens with two attached hydrogens (primary N) is 1. The van der Waals surface area contributed by atoms with Gasteiger partial charge in [-0.3, -0.25) is 0 Å². The summed E-state index contributed by atoms with van der Waals surface area (Å²) in [6, 6.07) is 1.23. The number of anilines is 1. The zero-order valence-electron chi connectivity index (χ0n) is 8.34. The molecule has 0 aromatic carbocycles. The Balaban J connectivity index is 0.000000791. The molecule has 1 heterocycles. The molecule has 0 aliphatic heterocycles. The first-order chi connectivity index (χ1) is 6.52. The number of nitrogen functional groups attached to an aromatic ring is 1. The lowest BCUT2D eigenvalue weighted by molar-refractivity contribution is 0.0698. The van der Waals surface area contributed by atoms with Crippen LogP contribution in [0.2, 0.25) is 5.15 Å². The summed E-state index contributed by atoms with van der Waals surface area (Å²) in [6.45, 7) is 5.60. The van der Waals surface area contributed by atoms with Crippen LogP contribution in [-0.4, -0.2) is 16.1 Å². The number of carbonyl (C=O) groups is 1. The number of carboxylic acid groups (broad SMARTS) is 1. The van der Waals surface area contributed by atoms with Gasteiger partial charge in [-0.15, -0.1) is 0 Å². The summed E-state index contributed by atoms with van der Waals surface area (Å²) >= 11 is 5.54. The molecule has 0 atom stereocenters. The number of pyridine rings is 1. The fourth-order valence-electron chi connectivity index (χ4n) is 0.821. The van der Waals surface area contributed by atoms with Gasteiger partial charge in [0.1, 0.15) is 5.15 Å². The summed E-state index contributed by atoms with van der Waals surface area (Å²) in [5.41, 5.74) is 6.03. The van der Waals surface area contributed by atoms with Gasteiger partial charge in [-0.25, -0.2) is 9.78 Å². The van der Waals surface area contributed by atoms with E-state index >= 15 is 0 Å². The third kappa shape index (κ3) is 2.88. The van der Waals surface area contributed by atoms with Crippen LogP contribution in [0.1, 0.15) is 29.9 Å². The second kappa shape index (κ2) is 5.44. The van der Waals surface area contributed by atoms with Gasteiger partial charge >= 0.3 is 5.97 Å². The second-order valence-electron chi connectivity index (χ2n) is 2.30. The van der Waals surface area contributed by atoms with E-state index in [1.807, 2.05) is 13.8 Å². The predicted molar refractivity (Wildman–Crippen MR) is 56.7 cm³/mol. The Morgan fingerprint density at radius 3 is 2.50 bits per heavy atom. The van der Waals surface area contributed by atoms with E-state index in [0.717, 1.165) is 0 Å². The maximum atomic E-state index is 10.6. The first-order valence-corrected chi connectivity index (χ1v) is 4.56. The van der Waals surface area contributed by atoms with Gasteiger partial charge in [-0.05, 0) is 13.0 Å². The van der Waals surface area contributed by atoms with Crippen LogP contribution >= 0.6 is 11.6 Å². The fraction of sp³-hybridized carbons (Fsp3) is 0.333. The van der Waals surface area contributed by atoms with E-state index in [1.54, 1.807) is 6.92 Å². The molecule has 1 aromatic heterocycles. The van der Waals surface area contributed by atoms with Crippen molar-refractivity contribution in [1.29, 1.82) is 0 Å². The minimum atomic E-state index is -1.10. The molecule has 0 radical (unpaired) electrons. The third-order valence-electron chi connectivity index (χ3n) is 1.45. The Labute approximate surface area is 87.7 Å². The number of halogens is 1. The summed E-state index contributed by atoms with van der Waals surface area (Å²) in [5, 5.41) is 8.79. The van der Waals surface area contributed by atoms with Gasteiger partial charge in [0.05, 0.1) is 16.9 Å². The van der Waals surface area contributed by atoms with E-state index in [1.165, 1.54) is 6.07 Å². The summed E-state index contributed by atoms with van der Waals surface area (Å²) in [5.74, 6) is -1.10. The molecule has 0 spiro atoms. The van der Waals surface area contributed by atoms with Crippen molar-refractivity contribution in [3.63, 3.8) is 0 Å². The molecule has 14 heavy (non-hydrogen) atoms. The molecule has 0 fully saturated rings. The number of hydrogen-bond donors (Lipinski definition) is 2. The van der Waals surface area contributed by atoms with Crippen molar-refractivity contribution in [2.45, 2.75) is 20.8 Å². The highest BCUT2D eigenvalue weighted by atomic mass is 35.5. The highest BCUT2D eigenvalue weighted by Crippen LogP contribution is 2.18. The molecule has 0 saturated carbocycles. The van der Waals surface area contributed by atoms with E-state index in [0.29, 0.717) is 5.69 Å². The molecule has 0 amide bonds. The van der Waals surface area contributed by atoms with Crippen molar-refractivity contribution in [1.82, 2.24) is 4.98 Å². The van der Waals surface area contributed by atoms with Crippen molar-refractivity contribution in [3.05, 3.63) is 22.5 Å². The SMILES string of the molecule is CC.Cc1nc(Cl)cc(C(=O)O)c1N. The van der Waals surface area contributed by atoms with Crippen LogP contribution in [0.3, 0.4) is 0 Å². The van der Waals surface area contributed by atoms with Crippen LogP contribution in [0.15, 0.2) is 6.07 Å². The number of carboxylic acids is 1. The molecular weight excluding hydrogens is 204 g/mol. The van der Waals surface area contributed by atoms with Crippen molar-refractivity contribution in [2.24, 2.45) is 0 Å². The maximum Gasteiger partial charge on any atom is 0.337 e. The summed E-state index contributed by atoms with van der Waals surface area (Å²) in [4.78, 5) is 14.4. The van der Waals surface area contributed by atoms with Gasteiger partial charge in [0, 0.05) is 0 Å². The quantitative estimate of drug-likeness (QED) is 0.707. The molecule has 0 aliphatic rings. The van der Waals surface area contributed by atoms with Crippen LogP contribution in [0.25, 0.3) is 0 Å². The van der Waals surface area contributed by atoms with Gasteiger partial charge in [0.25, 0.3) is 0 Å². The molecule has 3 N–H and O–H groups in total. The van der Waals surface area contributed by atoms with E-state index in [-0.39, 0.29) is 16.4 Å². The first kappa shape index (κ1) is 12.7. The molecular formula is C9H13ClN2O2. The van der Waals surface area contributed by atoms with Crippen LogP contribution in [-0.2, 0) is 0 Å². The summed E-state index contributed by atoms with van der Waals surface area (Å²) in [6.07, 6.45) is 0. The van der Waals surface area contributed by atoms with Gasteiger partial charge < -0.3 is 10.8 Å². The zero-order valence-corrected chi connectivity index (χ0v) is 9.09. The van der Waals surface area contributed by atoms with Crippen molar-refractivity contribution < 1.29 is 9.90 Å². The monoisotopic (exact) mass is 216 g/mol. The lowest BCUT2D eigenvalue weighted by Crippen LogP contribution is -2.05. The minimum absolute atomic E-state index is 0.00694. The number of hydrogen-bond acceptors (Lipinski definition) is 3. The number of rotatable bonds is 1. The summed E-state index contributed by atoms with van der Waals surface area (Å²) < 4.78 is 0. The van der Waals surface area contributed by atoms with Crippen molar-refractivity contribution >= 4 is 23.3 Å². The summed E-state index contributed by atoms with van der Waals surface area (Å²) in [7, 11) is 0. The van der Waals surface area contributed by atoms with Gasteiger partial charge in [0.2, 0.25) is 0 Å². The minimum Gasteiger partial charge on any atom is -0.478 e. The highest BCUT2D eigenvalue weighted by molar-refractivity contribution is 6.29. The molecule has 0 unspecified atom stereocenters. The molecule has 4 nitrogen and oxygen atoms in total. The molecule has 1 rings (SSSR count). The Morgan fingerprint density at radius 1 is 1.57 bits per heavy atom.